The normalized spacial score (nSPS) is 11.3. The van der Waals surface area contributed by atoms with E-state index in [1.54, 1.807) is 0 Å². The Labute approximate surface area is 61.5 Å². The maximum atomic E-state index is 10.5. The van der Waals surface area contributed by atoms with Crippen LogP contribution in [-0.4, -0.2) is 23.8 Å². The minimum absolute atomic E-state index is 0.288. The van der Waals surface area contributed by atoms with Gasteiger partial charge in [0.2, 0.25) is 0 Å². The van der Waals surface area contributed by atoms with Crippen LogP contribution in [0.1, 0.15) is 0 Å². The minimum atomic E-state index is -3.74. The van der Waals surface area contributed by atoms with Crippen molar-refractivity contribution in [3.8, 4) is 0 Å². The molecule has 0 N–H and O–H groups in total. The van der Waals surface area contributed by atoms with Crippen LogP contribution in [0.15, 0.2) is 17.3 Å². The van der Waals surface area contributed by atoms with Crippen LogP contribution in [0.5, 0.6) is 0 Å². The van der Waals surface area contributed by atoms with E-state index in [4.69, 9.17) is 10.7 Å². The van der Waals surface area contributed by atoms with Gasteiger partial charge in [0, 0.05) is 10.7 Å². The molecule has 1 rings (SSSR count). The highest BCUT2D eigenvalue weighted by atomic mass is 35.7. The lowest BCUT2D eigenvalue weighted by molar-refractivity contribution is 0.601. The molecule has 0 aliphatic rings. The van der Waals surface area contributed by atoms with E-state index in [0.717, 1.165) is 6.07 Å². The van der Waals surface area contributed by atoms with Crippen molar-refractivity contribution in [3.05, 3.63) is 12.3 Å². The van der Waals surface area contributed by atoms with Crippen molar-refractivity contribution in [3.63, 3.8) is 0 Å². The van der Waals surface area contributed by atoms with E-state index in [-0.39, 0.29) is 5.03 Å². The van der Waals surface area contributed by atoms with Gasteiger partial charge in [-0.3, -0.25) is 0 Å². The van der Waals surface area contributed by atoms with Crippen LogP contribution in [0.25, 0.3) is 0 Å². The van der Waals surface area contributed by atoms with Crippen LogP contribution < -0.4 is 0 Å². The molecule has 0 atom stereocenters. The molecule has 1 aromatic rings. The monoisotopic (exact) mass is 179 g/mol. The molecule has 10 heavy (non-hydrogen) atoms. The molecule has 0 unspecified atom stereocenters. The van der Waals surface area contributed by atoms with Gasteiger partial charge in [-0.1, -0.05) is 0 Å². The zero-order chi connectivity index (χ0) is 7.61. The quantitative estimate of drug-likeness (QED) is 0.559. The average molecular weight is 180 g/mol. The summed E-state index contributed by atoms with van der Waals surface area (Å²) in [5.41, 5.74) is 0. The Hall–Kier alpha value is -0.750. The average Bonchev–Trinajstić information content (AvgIpc) is 1.88. The Kier molecular flexibility index (Phi) is 1.82. The summed E-state index contributed by atoms with van der Waals surface area (Å²) in [5, 5.41) is 9.24. The van der Waals surface area contributed by atoms with Crippen molar-refractivity contribution < 1.29 is 8.42 Å². The summed E-state index contributed by atoms with van der Waals surface area (Å²) < 4.78 is 20.9. The van der Waals surface area contributed by atoms with E-state index in [9.17, 15) is 8.42 Å². The Balaban J connectivity index is 3.22. The first-order valence-electron chi connectivity index (χ1n) is 2.20. The molecule has 7 heteroatoms. The van der Waals surface area contributed by atoms with Gasteiger partial charge in [-0.25, -0.2) is 8.42 Å². The van der Waals surface area contributed by atoms with Crippen LogP contribution in [0.3, 0.4) is 0 Å². The lowest BCUT2D eigenvalue weighted by atomic mass is 10.7. The first-order valence-corrected chi connectivity index (χ1v) is 4.50. The maximum Gasteiger partial charge on any atom is 0.280 e. The summed E-state index contributed by atoms with van der Waals surface area (Å²) in [6.07, 6.45) is 1.20. The van der Waals surface area contributed by atoms with Gasteiger partial charge in [-0.15, -0.1) is 10.2 Å². The highest BCUT2D eigenvalue weighted by Gasteiger charge is 2.10. The van der Waals surface area contributed by atoms with Crippen molar-refractivity contribution in [2.45, 2.75) is 5.03 Å². The third-order valence-corrected chi connectivity index (χ3v) is 1.92. The van der Waals surface area contributed by atoms with Crippen LogP contribution in [0.2, 0.25) is 0 Å². The summed E-state index contributed by atoms with van der Waals surface area (Å²) in [4.78, 5) is 0. The zero-order valence-corrected chi connectivity index (χ0v) is 6.17. The van der Waals surface area contributed by atoms with Crippen molar-refractivity contribution >= 4 is 19.7 Å². The number of hydrogen-bond donors (Lipinski definition) is 0. The van der Waals surface area contributed by atoms with Gasteiger partial charge in [-0.05, 0) is 11.3 Å². The van der Waals surface area contributed by atoms with Crippen LogP contribution in [0, 0.1) is 0 Å². The fourth-order valence-corrected chi connectivity index (χ4v) is 0.965. The number of aromatic nitrogens is 3. The Morgan fingerprint density at radius 1 is 1.50 bits per heavy atom. The summed E-state index contributed by atoms with van der Waals surface area (Å²) in [7, 11) is 1.16. The van der Waals surface area contributed by atoms with E-state index in [1.807, 2.05) is 0 Å². The molecule has 0 aromatic carbocycles. The third kappa shape index (κ3) is 1.61. The lowest BCUT2D eigenvalue weighted by Crippen LogP contribution is -1.97. The van der Waals surface area contributed by atoms with Crippen LogP contribution >= 0.6 is 10.7 Å². The second kappa shape index (κ2) is 2.47. The maximum absolute atomic E-state index is 10.5. The summed E-state index contributed by atoms with van der Waals surface area (Å²) in [5.74, 6) is 0. The molecule has 0 bridgehead atoms. The Bertz CT molecular complexity index is 310. The standard InChI is InChI=1S/C3H2ClN3O2S/c4-10(8,9)3-1-2-5-7-6-3/h1-2H. The van der Waals surface area contributed by atoms with Crippen molar-refractivity contribution in [2.75, 3.05) is 0 Å². The van der Waals surface area contributed by atoms with E-state index >= 15 is 0 Å². The minimum Gasteiger partial charge on any atom is -0.205 e. The van der Waals surface area contributed by atoms with Crippen molar-refractivity contribution in [1.82, 2.24) is 15.4 Å². The van der Waals surface area contributed by atoms with E-state index in [1.165, 1.54) is 6.20 Å². The molecule has 5 nitrogen and oxygen atoms in total. The first-order chi connectivity index (χ1) is 4.61. The lowest BCUT2D eigenvalue weighted by Gasteiger charge is -1.87. The zero-order valence-electron chi connectivity index (χ0n) is 4.60. The molecule has 54 valence electrons. The molecule has 0 radical (unpaired) electrons. The van der Waals surface area contributed by atoms with Gasteiger partial charge in [-0.2, -0.15) is 0 Å². The summed E-state index contributed by atoms with van der Waals surface area (Å²) >= 11 is 0. The molecule has 0 saturated carbocycles. The first kappa shape index (κ1) is 7.36. The molecule has 0 amide bonds. The predicted octanol–water partition coefficient (Wildman–Crippen LogP) is -0.201. The second-order valence-electron chi connectivity index (χ2n) is 1.40. The van der Waals surface area contributed by atoms with Crippen molar-refractivity contribution in [2.24, 2.45) is 0 Å². The molecule has 0 aliphatic heterocycles. The van der Waals surface area contributed by atoms with Crippen LogP contribution in [-0.2, 0) is 9.05 Å². The molecule has 0 saturated heterocycles. The van der Waals surface area contributed by atoms with E-state index in [2.05, 4.69) is 15.4 Å². The van der Waals surface area contributed by atoms with Crippen LogP contribution in [0.4, 0.5) is 0 Å². The molecule has 1 heterocycles. The highest BCUT2D eigenvalue weighted by molar-refractivity contribution is 8.13. The Morgan fingerprint density at radius 3 is 2.50 bits per heavy atom. The number of hydrogen-bond acceptors (Lipinski definition) is 5. The largest absolute Gasteiger partial charge is 0.280 e. The van der Waals surface area contributed by atoms with E-state index in [0.29, 0.717) is 0 Å². The summed E-state index contributed by atoms with van der Waals surface area (Å²) in [6.45, 7) is 0. The van der Waals surface area contributed by atoms with Gasteiger partial charge >= 0.3 is 0 Å². The number of rotatable bonds is 1. The third-order valence-electron chi connectivity index (χ3n) is 0.729. The van der Waals surface area contributed by atoms with Gasteiger partial charge < -0.3 is 0 Å². The van der Waals surface area contributed by atoms with Crippen molar-refractivity contribution in [1.29, 1.82) is 0 Å². The second-order valence-corrected chi connectivity index (χ2v) is 3.91. The number of nitrogens with zero attached hydrogens (tertiary/aromatic N) is 3. The SMILES string of the molecule is O=S(=O)(Cl)c1ccnnn1. The molecule has 0 fully saturated rings. The smallest absolute Gasteiger partial charge is 0.205 e. The van der Waals surface area contributed by atoms with Gasteiger partial charge in [0.05, 0.1) is 6.20 Å². The fraction of sp³-hybridized carbons (Fsp3) is 0. The number of halogens is 1. The fourth-order valence-electron chi connectivity index (χ4n) is 0.360. The van der Waals surface area contributed by atoms with E-state index < -0.39 is 9.05 Å². The topological polar surface area (TPSA) is 72.8 Å². The molecular formula is C3H2ClN3O2S. The van der Waals surface area contributed by atoms with Gasteiger partial charge in [0.25, 0.3) is 9.05 Å². The molecule has 1 aromatic heterocycles. The van der Waals surface area contributed by atoms with Gasteiger partial charge in [0.1, 0.15) is 0 Å². The summed E-state index contributed by atoms with van der Waals surface area (Å²) in [6, 6.07) is 1.16. The molecule has 0 aliphatic carbocycles. The highest BCUT2D eigenvalue weighted by Crippen LogP contribution is 2.07. The van der Waals surface area contributed by atoms with Gasteiger partial charge in [0.15, 0.2) is 5.03 Å². The Morgan fingerprint density at radius 2 is 2.20 bits per heavy atom. The predicted molar refractivity (Wildman–Crippen MR) is 32.9 cm³/mol. The molecule has 0 spiro atoms. The molecular weight excluding hydrogens is 178 g/mol.